The summed E-state index contributed by atoms with van der Waals surface area (Å²) in [5.74, 6) is -5.05. The number of amides is 3. The van der Waals surface area contributed by atoms with Gasteiger partial charge in [-0.05, 0) is 27.2 Å². The van der Waals surface area contributed by atoms with Gasteiger partial charge in [-0.25, -0.2) is 23.5 Å². The lowest BCUT2D eigenvalue weighted by atomic mass is 9.93. The van der Waals surface area contributed by atoms with Crippen LogP contribution < -0.4 is 5.32 Å². The normalized spacial score (nSPS) is 20.4. The first-order valence-electron chi connectivity index (χ1n) is 13.2. The van der Waals surface area contributed by atoms with Crippen molar-refractivity contribution in [1.82, 2.24) is 25.1 Å². The lowest BCUT2D eigenvalue weighted by Gasteiger charge is -2.39. The molecule has 1 unspecified atom stereocenters. The van der Waals surface area contributed by atoms with E-state index in [-0.39, 0.29) is 36.6 Å². The molecule has 2 aliphatic heterocycles. The van der Waals surface area contributed by atoms with Gasteiger partial charge in [0.05, 0.1) is 18.3 Å². The molecule has 15 heteroatoms. The van der Waals surface area contributed by atoms with Gasteiger partial charge in [0.1, 0.15) is 11.4 Å². The number of rotatable bonds is 5. The molecule has 0 radical (unpaired) electrons. The van der Waals surface area contributed by atoms with Crippen molar-refractivity contribution >= 4 is 17.9 Å². The van der Waals surface area contributed by atoms with Crippen LogP contribution in [0.1, 0.15) is 83.6 Å². The van der Waals surface area contributed by atoms with Gasteiger partial charge in [0, 0.05) is 43.3 Å². The average molecular weight is 594 g/mol. The van der Waals surface area contributed by atoms with Gasteiger partial charge in [0.2, 0.25) is 11.8 Å². The van der Waals surface area contributed by atoms with Gasteiger partial charge in [0.25, 0.3) is 5.92 Å². The van der Waals surface area contributed by atoms with E-state index < -0.39 is 84.8 Å². The van der Waals surface area contributed by atoms with Gasteiger partial charge in [-0.3, -0.25) is 9.59 Å². The van der Waals surface area contributed by atoms with Crippen molar-refractivity contribution in [2.45, 2.75) is 109 Å². The Balaban J connectivity index is 1.86. The number of hydrogen-bond donors (Lipinski definition) is 2. The number of piperidine rings is 1. The van der Waals surface area contributed by atoms with Crippen LogP contribution in [-0.4, -0.2) is 79.7 Å². The number of carbonyl (C=O) groups excluding carboxylic acids is 3. The van der Waals surface area contributed by atoms with Crippen LogP contribution in [0.4, 0.5) is 26.7 Å². The Morgan fingerprint density at radius 2 is 1.76 bits per heavy atom. The van der Waals surface area contributed by atoms with Gasteiger partial charge in [-0.1, -0.05) is 20.8 Å². The minimum Gasteiger partial charge on any atom is -0.444 e. The Hall–Kier alpha value is -3.10. The Labute approximate surface area is 234 Å². The molecule has 3 rings (SSSR count). The number of aliphatic hydroxyl groups is 1. The number of aromatic nitrogens is 2. The molecule has 230 valence electrons. The zero-order valence-electron chi connectivity index (χ0n) is 23.9. The van der Waals surface area contributed by atoms with Crippen molar-refractivity contribution < 1.29 is 46.2 Å². The van der Waals surface area contributed by atoms with Crippen LogP contribution in [0.5, 0.6) is 0 Å². The summed E-state index contributed by atoms with van der Waals surface area (Å²) < 4.78 is 75.0. The quantitative estimate of drug-likeness (QED) is 0.501. The fraction of sp³-hybridized carbons (Fsp3) is 0.731. The van der Waals surface area contributed by atoms with Gasteiger partial charge in [0.15, 0.2) is 11.9 Å². The van der Waals surface area contributed by atoms with Crippen molar-refractivity contribution in [3.63, 3.8) is 0 Å². The van der Waals surface area contributed by atoms with Crippen LogP contribution in [-0.2, 0) is 38.9 Å². The third-order valence-electron chi connectivity index (χ3n) is 6.58. The molecule has 2 N–H and O–H groups in total. The molecule has 2 aliphatic rings. The monoisotopic (exact) mass is 593 g/mol. The minimum absolute atomic E-state index is 0.0368. The summed E-state index contributed by atoms with van der Waals surface area (Å²) >= 11 is 0. The van der Waals surface area contributed by atoms with E-state index in [1.807, 2.05) is 0 Å². The molecule has 2 atom stereocenters. The number of alkyl halides is 5. The standard InChI is InChI=1S/C26H36F5N5O5/c1-23(2,3)20-33-16-13-35(10-8-15(16)19(34-20)26(29,30)31)18(38)11-14(32-22(40)41-24(4,5)6)12-36-17(37)7-9-25(27,28)21(36)39/h14,21,39H,7-13H2,1-6H3,(H,32,40)/t14-,21?/m0/s1. The molecule has 3 amide bonds. The van der Waals surface area contributed by atoms with E-state index in [1.165, 1.54) is 4.90 Å². The number of alkyl carbamates (subject to hydrolysis) is 1. The molecule has 1 aromatic heterocycles. The largest absolute Gasteiger partial charge is 0.444 e. The highest BCUT2D eigenvalue weighted by Gasteiger charge is 2.49. The van der Waals surface area contributed by atoms with Gasteiger partial charge >= 0.3 is 12.3 Å². The number of aliphatic hydroxyl groups excluding tert-OH is 1. The lowest BCUT2D eigenvalue weighted by molar-refractivity contribution is -0.205. The van der Waals surface area contributed by atoms with Gasteiger partial charge < -0.3 is 25.0 Å². The molecular weight excluding hydrogens is 557 g/mol. The highest BCUT2D eigenvalue weighted by Crippen LogP contribution is 2.36. The molecule has 0 aliphatic carbocycles. The van der Waals surface area contributed by atoms with Crippen LogP contribution in [0.15, 0.2) is 0 Å². The molecule has 3 heterocycles. The molecule has 10 nitrogen and oxygen atoms in total. The third-order valence-corrected chi connectivity index (χ3v) is 6.58. The van der Waals surface area contributed by atoms with E-state index in [0.717, 1.165) is 0 Å². The molecule has 1 aromatic rings. The van der Waals surface area contributed by atoms with Crippen LogP contribution in [0.25, 0.3) is 0 Å². The first-order valence-corrected chi connectivity index (χ1v) is 13.2. The van der Waals surface area contributed by atoms with Crippen molar-refractivity contribution in [2.24, 2.45) is 0 Å². The number of fused-ring (bicyclic) bond motifs is 1. The summed E-state index contributed by atoms with van der Waals surface area (Å²) in [6.07, 6.45) is -10.3. The van der Waals surface area contributed by atoms with E-state index in [1.54, 1.807) is 41.5 Å². The van der Waals surface area contributed by atoms with Gasteiger partial charge in [-0.2, -0.15) is 13.2 Å². The van der Waals surface area contributed by atoms with Crippen LogP contribution in [0.3, 0.4) is 0 Å². The third kappa shape index (κ3) is 8.01. The average Bonchev–Trinajstić information content (AvgIpc) is 2.80. The highest BCUT2D eigenvalue weighted by atomic mass is 19.4. The van der Waals surface area contributed by atoms with E-state index in [0.29, 0.717) is 4.90 Å². The number of halogens is 5. The first-order chi connectivity index (χ1) is 18.6. The summed E-state index contributed by atoms with van der Waals surface area (Å²) in [6.45, 7) is 8.71. The maximum absolute atomic E-state index is 14.2. The second-order valence-corrected chi connectivity index (χ2v) is 12.4. The van der Waals surface area contributed by atoms with E-state index in [9.17, 15) is 41.4 Å². The summed E-state index contributed by atoms with van der Waals surface area (Å²) in [5.41, 5.74) is -2.88. The number of likely N-dealkylation sites (tertiary alicyclic amines) is 1. The Kier molecular flexibility index (Phi) is 8.93. The fourth-order valence-electron chi connectivity index (χ4n) is 4.54. The van der Waals surface area contributed by atoms with Crippen LogP contribution in [0.2, 0.25) is 0 Å². The van der Waals surface area contributed by atoms with Crippen molar-refractivity contribution in [2.75, 3.05) is 13.1 Å². The fourth-order valence-corrected chi connectivity index (χ4v) is 4.54. The maximum Gasteiger partial charge on any atom is 0.433 e. The second kappa shape index (κ2) is 11.3. The Bertz CT molecular complexity index is 1180. The molecule has 0 saturated carbocycles. The SMILES string of the molecule is CC(C)(C)OC(=O)N[C@@H](CC(=O)N1CCc2c(nc(C(C)(C)C)nc2C(F)(F)F)C1)CN1C(=O)CCC(F)(F)C1O. The molecule has 41 heavy (non-hydrogen) atoms. The molecule has 0 aromatic carbocycles. The smallest absolute Gasteiger partial charge is 0.433 e. The number of hydrogen-bond acceptors (Lipinski definition) is 7. The van der Waals surface area contributed by atoms with Crippen molar-refractivity contribution in [3.8, 4) is 0 Å². The lowest BCUT2D eigenvalue weighted by Crippen LogP contribution is -2.59. The van der Waals surface area contributed by atoms with E-state index >= 15 is 0 Å². The predicted octanol–water partition coefficient (Wildman–Crippen LogP) is 3.54. The molecular formula is C26H36F5N5O5. The topological polar surface area (TPSA) is 125 Å². The predicted molar refractivity (Wildman–Crippen MR) is 135 cm³/mol. The molecule has 1 saturated heterocycles. The Morgan fingerprint density at radius 1 is 1.12 bits per heavy atom. The highest BCUT2D eigenvalue weighted by molar-refractivity contribution is 5.80. The van der Waals surface area contributed by atoms with Crippen molar-refractivity contribution in [1.29, 1.82) is 0 Å². The summed E-state index contributed by atoms with van der Waals surface area (Å²) in [4.78, 5) is 48.1. The Morgan fingerprint density at radius 3 is 2.32 bits per heavy atom. The second-order valence-electron chi connectivity index (χ2n) is 12.4. The molecule has 0 bridgehead atoms. The van der Waals surface area contributed by atoms with Crippen LogP contribution >= 0.6 is 0 Å². The number of nitrogens with one attached hydrogen (secondary N) is 1. The van der Waals surface area contributed by atoms with E-state index in [2.05, 4.69) is 15.3 Å². The minimum atomic E-state index is -4.73. The summed E-state index contributed by atoms with van der Waals surface area (Å²) in [7, 11) is 0. The van der Waals surface area contributed by atoms with Crippen molar-refractivity contribution in [3.05, 3.63) is 22.8 Å². The maximum atomic E-state index is 14.2. The number of carbonyl (C=O) groups is 3. The van der Waals surface area contributed by atoms with Gasteiger partial charge in [-0.15, -0.1) is 0 Å². The van der Waals surface area contributed by atoms with Crippen LogP contribution in [0, 0.1) is 0 Å². The first kappa shape index (κ1) is 32.4. The summed E-state index contributed by atoms with van der Waals surface area (Å²) in [5, 5.41) is 12.5. The number of ether oxygens (including phenoxy) is 1. The van der Waals surface area contributed by atoms with E-state index in [4.69, 9.17) is 4.74 Å². The number of nitrogens with zero attached hydrogens (tertiary/aromatic N) is 4. The zero-order valence-corrected chi connectivity index (χ0v) is 23.9. The zero-order chi connectivity index (χ0) is 31.1. The molecule has 1 fully saturated rings. The summed E-state index contributed by atoms with van der Waals surface area (Å²) in [6, 6.07) is -1.26. The molecule has 0 spiro atoms.